The molecule has 0 radical (unpaired) electrons. The normalized spacial score (nSPS) is 9.53. The maximum atomic E-state index is 10.8. The Morgan fingerprint density at radius 2 is 2.13 bits per heavy atom. The maximum Gasteiger partial charge on any atom is 0.248 e. The number of aryl methyl sites for hydroxylation is 1. The summed E-state index contributed by atoms with van der Waals surface area (Å²) in [6, 6.07) is 5.32. The molecule has 0 aliphatic rings. The molecular weight excluding hydrogens is 208 g/mol. The van der Waals surface area contributed by atoms with Crippen molar-refractivity contribution in [2.45, 2.75) is 20.8 Å². The van der Waals surface area contributed by atoms with Crippen molar-refractivity contribution in [3.05, 3.63) is 28.8 Å². The van der Waals surface area contributed by atoms with E-state index in [1.54, 1.807) is 23.5 Å². The van der Waals surface area contributed by atoms with Crippen molar-refractivity contribution in [2.75, 3.05) is 0 Å². The third-order valence-corrected chi connectivity index (χ3v) is 2.73. The summed E-state index contributed by atoms with van der Waals surface area (Å²) in [5.74, 6) is -0.410. The van der Waals surface area contributed by atoms with Gasteiger partial charge in [-0.25, -0.2) is 4.98 Å². The molecule has 15 heavy (non-hydrogen) atoms. The van der Waals surface area contributed by atoms with Crippen molar-refractivity contribution < 1.29 is 6.22 Å². The highest BCUT2D eigenvalue weighted by Gasteiger charge is 2.04. The largest absolute Gasteiger partial charge is 0.366 e. The summed E-state index contributed by atoms with van der Waals surface area (Å²) < 4.78 is 1.09. The quantitative estimate of drug-likeness (QED) is 0.809. The highest BCUT2D eigenvalue weighted by atomic mass is 32.1. The van der Waals surface area contributed by atoms with E-state index in [0.717, 1.165) is 15.2 Å². The van der Waals surface area contributed by atoms with Gasteiger partial charge in [0.2, 0.25) is 5.91 Å². The molecule has 3 nitrogen and oxygen atoms in total. The molecular formula is C11H16N2OS. The van der Waals surface area contributed by atoms with Gasteiger partial charge in [0.25, 0.3) is 0 Å². The molecule has 0 spiro atoms. The van der Waals surface area contributed by atoms with Crippen molar-refractivity contribution in [1.82, 2.24) is 4.98 Å². The monoisotopic (exact) mass is 224 g/mol. The Morgan fingerprint density at radius 3 is 2.73 bits per heavy atom. The van der Waals surface area contributed by atoms with Crippen LogP contribution in [0.3, 0.4) is 0 Å². The maximum absolute atomic E-state index is 10.8. The first-order chi connectivity index (χ1) is 7.16. The van der Waals surface area contributed by atoms with E-state index in [-0.39, 0.29) is 1.43 Å². The number of carbonyl (C=O) groups is 1. The van der Waals surface area contributed by atoms with Crippen LogP contribution in [-0.2, 0) is 0 Å². The number of hydrogen-bond acceptors (Lipinski definition) is 3. The Bertz CT molecular complexity index is 482. The Morgan fingerprint density at radius 1 is 1.47 bits per heavy atom. The van der Waals surface area contributed by atoms with E-state index in [1.165, 1.54) is 0 Å². The molecule has 0 bridgehead atoms. The number of primary amides is 1. The molecule has 0 saturated heterocycles. The molecule has 2 rings (SSSR count). The van der Waals surface area contributed by atoms with Crippen molar-refractivity contribution in [3.8, 4) is 0 Å². The van der Waals surface area contributed by atoms with Crippen molar-refractivity contribution in [1.29, 1.82) is 0 Å². The Labute approximate surface area is 94.4 Å². The molecule has 2 N–H and O–H groups in total. The van der Waals surface area contributed by atoms with Gasteiger partial charge in [-0.2, -0.15) is 0 Å². The van der Waals surface area contributed by atoms with Gasteiger partial charge in [-0.3, -0.25) is 4.79 Å². The predicted molar refractivity (Wildman–Crippen MR) is 66.3 cm³/mol. The number of fused-ring (bicyclic) bond motifs is 1. The Hall–Kier alpha value is -1.42. The molecule has 0 unspecified atom stereocenters. The van der Waals surface area contributed by atoms with Gasteiger partial charge in [-0.05, 0) is 25.1 Å². The minimum atomic E-state index is -0.410. The zero-order valence-corrected chi connectivity index (χ0v) is 9.89. The summed E-state index contributed by atoms with van der Waals surface area (Å²) in [5, 5.41) is 0.997. The van der Waals surface area contributed by atoms with Crippen LogP contribution in [0, 0.1) is 6.92 Å². The molecule has 82 valence electrons. The molecule has 2 aromatic rings. The highest BCUT2D eigenvalue weighted by Crippen LogP contribution is 2.21. The van der Waals surface area contributed by atoms with E-state index >= 15 is 0 Å². The van der Waals surface area contributed by atoms with Crippen LogP contribution in [0.25, 0.3) is 10.2 Å². The lowest BCUT2D eigenvalue weighted by atomic mass is 10.2. The number of hydrogen-bond donors (Lipinski definition) is 1. The SMILES string of the molecule is CC.Cc1nc2cc(C(N)=O)ccc2s1.[HH]. The smallest absolute Gasteiger partial charge is 0.248 e. The van der Waals surface area contributed by atoms with Crippen molar-refractivity contribution in [3.63, 3.8) is 0 Å². The third-order valence-electron chi connectivity index (χ3n) is 1.78. The first kappa shape index (κ1) is 11.7. The van der Waals surface area contributed by atoms with E-state index in [1.807, 2.05) is 26.8 Å². The lowest BCUT2D eigenvalue weighted by Gasteiger charge is -1.92. The van der Waals surface area contributed by atoms with E-state index in [2.05, 4.69) is 4.98 Å². The number of rotatable bonds is 1. The van der Waals surface area contributed by atoms with E-state index in [9.17, 15) is 4.79 Å². The van der Waals surface area contributed by atoms with Crippen LogP contribution in [0.5, 0.6) is 0 Å². The number of thiazole rings is 1. The summed E-state index contributed by atoms with van der Waals surface area (Å²) in [5.41, 5.74) is 6.51. The molecule has 1 heterocycles. The predicted octanol–water partition coefficient (Wildman–Crippen LogP) is 2.98. The number of aromatic nitrogens is 1. The standard InChI is InChI=1S/C9H8N2OS.C2H6.H2/c1-5-11-7-4-6(9(10)12)2-3-8(7)13-5;1-2;/h2-4H,1H3,(H2,10,12);1-2H3;1H. The lowest BCUT2D eigenvalue weighted by molar-refractivity contribution is 0.100. The molecule has 1 aromatic carbocycles. The first-order valence-electron chi connectivity index (χ1n) is 4.84. The molecule has 0 atom stereocenters. The van der Waals surface area contributed by atoms with Crippen LogP contribution in [0.2, 0.25) is 0 Å². The summed E-state index contributed by atoms with van der Waals surface area (Å²) in [6.45, 7) is 5.94. The summed E-state index contributed by atoms with van der Waals surface area (Å²) >= 11 is 1.61. The fourth-order valence-corrected chi connectivity index (χ4v) is 2.00. The first-order valence-corrected chi connectivity index (χ1v) is 5.65. The second-order valence-corrected chi connectivity index (χ2v) is 4.01. The molecule has 1 amide bonds. The Kier molecular flexibility index (Phi) is 3.80. The summed E-state index contributed by atoms with van der Waals surface area (Å²) in [6.07, 6.45) is 0. The van der Waals surface area contributed by atoms with Crippen LogP contribution in [0.1, 0.15) is 30.6 Å². The minimum absolute atomic E-state index is 0. The van der Waals surface area contributed by atoms with Crippen LogP contribution in [0.4, 0.5) is 0 Å². The molecule has 0 saturated carbocycles. The van der Waals surface area contributed by atoms with Crippen molar-refractivity contribution >= 4 is 27.5 Å². The zero-order valence-electron chi connectivity index (χ0n) is 9.07. The fourth-order valence-electron chi connectivity index (χ4n) is 1.20. The summed E-state index contributed by atoms with van der Waals surface area (Å²) in [4.78, 5) is 15.1. The topological polar surface area (TPSA) is 56.0 Å². The fraction of sp³-hybridized carbons (Fsp3) is 0.273. The minimum Gasteiger partial charge on any atom is -0.366 e. The van der Waals surface area contributed by atoms with Crippen LogP contribution in [-0.4, -0.2) is 10.9 Å². The number of carbonyl (C=O) groups excluding carboxylic acids is 1. The second kappa shape index (κ2) is 4.89. The van der Waals surface area contributed by atoms with E-state index < -0.39 is 5.91 Å². The van der Waals surface area contributed by atoms with Gasteiger partial charge in [0, 0.05) is 6.99 Å². The number of nitrogens with zero attached hydrogens (tertiary/aromatic N) is 1. The zero-order chi connectivity index (χ0) is 11.4. The average molecular weight is 224 g/mol. The summed E-state index contributed by atoms with van der Waals surface area (Å²) in [7, 11) is 0. The van der Waals surface area contributed by atoms with Gasteiger partial charge in [-0.15, -0.1) is 11.3 Å². The van der Waals surface area contributed by atoms with Crippen LogP contribution in [0.15, 0.2) is 18.2 Å². The number of amides is 1. The van der Waals surface area contributed by atoms with E-state index in [0.29, 0.717) is 5.56 Å². The highest BCUT2D eigenvalue weighted by molar-refractivity contribution is 7.18. The molecule has 0 aliphatic carbocycles. The van der Waals surface area contributed by atoms with E-state index in [4.69, 9.17) is 5.73 Å². The van der Waals surface area contributed by atoms with Gasteiger partial charge in [0.15, 0.2) is 0 Å². The number of benzene rings is 1. The van der Waals surface area contributed by atoms with Gasteiger partial charge in [-0.1, -0.05) is 13.8 Å². The second-order valence-electron chi connectivity index (χ2n) is 2.78. The van der Waals surface area contributed by atoms with Gasteiger partial charge in [0.1, 0.15) is 0 Å². The van der Waals surface area contributed by atoms with Crippen molar-refractivity contribution in [2.24, 2.45) is 5.73 Å². The van der Waals surface area contributed by atoms with Gasteiger partial charge < -0.3 is 5.73 Å². The van der Waals surface area contributed by atoms with Gasteiger partial charge in [0.05, 0.1) is 15.2 Å². The third kappa shape index (κ3) is 2.53. The Balaban J connectivity index is 0.000000711. The molecule has 4 heteroatoms. The molecule has 1 aromatic heterocycles. The molecule has 0 aliphatic heterocycles. The molecule has 0 fully saturated rings. The van der Waals surface area contributed by atoms with Crippen LogP contribution >= 0.6 is 11.3 Å². The lowest BCUT2D eigenvalue weighted by Crippen LogP contribution is -2.10. The van der Waals surface area contributed by atoms with Crippen LogP contribution < -0.4 is 5.73 Å². The number of nitrogens with two attached hydrogens (primary N) is 1. The average Bonchev–Trinajstić information content (AvgIpc) is 2.59. The van der Waals surface area contributed by atoms with Gasteiger partial charge >= 0.3 is 0 Å².